The fourth-order valence-corrected chi connectivity index (χ4v) is 2.84. The number of aromatic nitrogens is 4. The molecule has 1 aliphatic rings. The number of piperidine rings is 1. The van der Waals surface area contributed by atoms with Crippen LogP contribution in [0.4, 0.5) is 6.01 Å². The van der Waals surface area contributed by atoms with E-state index in [0.717, 1.165) is 44.6 Å². The fourth-order valence-electron chi connectivity index (χ4n) is 2.84. The summed E-state index contributed by atoms with van der Waals surface area (Å²) in [6.07, 6.45) is 6.97. The highest BCUT2D eigenvalue weighted by atomic mass is 16.5. The molecule has 24 heavy (non-hydrogen) atoms. The number of rotatable bonds is 5. The van der Waals surface area contributed by atoms with E-state index < -0.39 is 0 Å². The maximum absolute atomic E-state index is 12.3. The molecule has 1 aliphatic heterocycles. The number of hydrogen-bond donors (Lipinski definition) is 0. The second-order valence-corrected chi connectivity index (χ2v) is 6.23. The predicted octanol–water partition coefficient (Wildman–Crippen LogP) is 1.41. The van der Waals surface area contributed by atoms with Crippen LogP contribution in [0.2, 0.25) is 0 Å². The van der Waals surface area contributed by atoms with Gasteiger partial charge in [-0.2, -0.15) is 4.98 Å². The van der Waals surface area contributed by atoms with Gasteiger partial charge in [-0.15, -0.1) is 0 Å². The smallest absolute Gasteiger partial charge is 0.323 e. The highest BCUT2D eigenvalue weighted by molar-refractivity contribution is 5.90. The maximum Gasteiger partial charge on any atom is 0.323 e. The molecule has 0 spiro atoms. The fraction of sp³-hybridized carbons (Fsp3) is 0.562. The summed E-state index contributed by atoms with van der Waals surface area (Å²) in [5, 5.41) is 4.00. The highest BCUT2D eigenvalue weighted by Crippen LogP contribution is 2.23. The van der Waals surface area contributed by atoms with Crippen molar-refractivity contribution in [2.75, 3.05) is 32.1 Å². The van der Waals surface area contributed by atoms with Crippen molar-refractivity contribution >= 4 is 11.9 Å². The van der Waals surface area contributed by atoms with E-state index in [1.807, 2.05) is 19.0 Å². The summed E-state index contributed by atoms with van der Waals surface area (Å²) in [5.74, 6) is 1.52. The van der Waals surface area contributed by atoms with Crippen LogP contribution >= 0.6 is 0 Å². The summed E-state index contributed by atoms with van der Waals surface area (Å²) in [6.45, 7) is 1.49. The quantitative estimate of drug-likeness (QED) is 0.819. The van der Waals surface area contributed by atoms with Crippen molar-refractivity contribution in [1.29, 1.82) is 0 Å². The van der Waals surface area contributed by atoms with Gasteiger partial charge in [0, 0.05) is 46.0 Å². The molecule has 0 bridgehead atoms. The average Bonchev–Trinajstić information content (AvgIpc) is 3.10. The Bertz CT molecular complexity index is 664. The zero-order chi connectivity index (χ0) is 16.9. The van der Waals surface area contributed by atoms with Gasteiger partial charge in [-0.3, -0.25) is 4.79 Å². The van der Waals surface area contributed by atoms with E-state index in [9.17, 15) is 4.79 Å². The third-order valence-corrected chi connectivity index (χ3v) is 4.27. The first kappa shape index (κ1) is 16.4. The van der Waals surface area contributed by atoms with Crippen LogP contribution in [-0.2, 0) is 6.42 Å². The number of likely N-dealkylation sites (tertiary alicyclic amines) is 1. The zero-order valence-corrected chi connectivity index (χ0v) is 14.1. The Labute approximate surface area is 140 Å². The van der Waals surface area contributed by atoms with Crippen LogP contribution in [0, 0.1) is 5.92 Å². The lowest BCUT2D eigenvalue weighted by Crippen LogP contribution is -2.39. The molecular weight excluding hydrogens is 308 g/mol. The first-order valence-electron chi connectivity index (χ1n) is 8.19. The number of nitrogens with zero attached hydrogens (tertiary/aromatic N) is 6. The molecule has 8 heteroatoms. The van der Waals surface area contributed by atoms with E-state index in [1.165, 1.54) is 0 Å². The van der Waals surface area contributed by atoms with Gasteiger partial charge in [-0.1, -0.05) is 5.16 Å². The van der Waals surface area contributed by atoms with Crippen molar-refractivity contribution in [3.8, 4) is 0 Å². The highest BCUT2D eigenvalue weighted by Gasteiger charge is 2.25. The number of amides is 1. The first-order valence-corrected chi connectivity index (χ1v) is 8.19. The van der Waals surface area contributed by atoms with Gasteiger partial charge >= 0.3 is 6.01 Å². The van der Waals surface area contributed by atoms with E-state index in [2.05, 4.69) is 20.1 Å². The summed E-state index contributed by atoms with van der Waals surface area (Å²) in [4.78, 5) is 28.4. The van der Waals surface area contributed by atoms with Crippen LogP contribution in [0.1, 0.15) is 35.7 Å². The lowest BCUT2D eigenvalue weighted by Gasteiger charge is -2.31. The molecule has 0 N–H and O–H groups in total. The van der Waals surface area contributed by atoms with Gasteiger partial charge in [0.2, 0.25) is 5.82 Å². The van der Waals surface area contributed by atoms with Crippen LogP contribution in [0.15, 0.2) is 23.0 Å². The van der Waals surface area contributed by atoms with E-state index in [0.29, 0.717) is 11.9 Å². The van der Waals surface area contributed by atoms with Crippen molar-refractivity contribution in [3.05, 3.63) is 30.1 Å². The second kappa shape index (κ2) is 7.37. The summed E-state index contributed by atoms with van der Waals surface area (Å²) in [6, 6.07) is 2.25. The molecule has 128 valence electrons. The van der Waals surface area contributed by atoms with E-state index >= 15 is 0 Å². The Morgan fingerprint density at radius 3 is 2.62 bits per heavy atom. The molecule has 0 saturated carbocycles. The van der Waals surface area contributed by atoms with Crippen LogP contribution in [0.3, 0.4) is 0 Å². The predicted molar refractivity (Wildman–Crippen MR) is 87.6 cm³/mol. The molecule has 1 saturated heterocycles. The van der Waals surface area contributed by atoms with Crippen molar-refractivity contribution < 1.29 is 9.32 Å². The number of carbonyl (C=O) groups excluding carboxylic acids is 1. The van der Waals surface area contributed by atoms with E-state index in [-0.39, 0.29) is 11.7 Å². The number of aryl methyl sites for hydroxylation is 1. The molecular formula is C16H22N6O2. The molecule has 0 aromatic carbocycles. The van der Waals surface area contributed by atoms with Crippen molar-refractivity contribution in [1.82, 2.24) is 25.0 Å². The molecule has 1 fully saturated rings. The molecule has 3 rings (SSSR count). The van der Waals surface area contributed by atoms with Gasteiger partial charge in [0.25, 0.3) is 5.91 Å². The largest absolute Gasteiger partial charge is 0.336 e. The molecule has 2 aromatic heterocycles. The first-order chi connectivity index (χ1) is 11.6. The Balaban J connectivity index is 1.46. The summed E-state index contributed by atoms with van der Waals surface area (Å²) in [7, 11) is 3.75. The lowest BCUT2D eigenvalue weighted by molar-refractivity contribution is 0.0674. The maximum atomic E-state index is 12.3. The zero-order valence-electron chi connectivity index (χ0n) is 14.1. The topological polar surface area (TPSA) is 88.3 Å². The summed E-state index contributed by atoms with van der Waals surface area (Å²) < 4.78 is 5.16. The number of carbonyl (C=O) groups is 1. The van der Waals surface area contributed by atoms with Crippen LogP contribution in [0.5, 0.6) is 0 Å². The molecule has 0 unspecified atom stereocenters. The Hall–Kier alpha value is -2.51. The van der Waals surface area contributed by atoms with Gasteiger partial charge in [0.15, 0.2) is 5.82 Å². The summed E-state index contributed by atoms with van der Waals surface area (Å²) in [5.41, 5.74) is 0. The minimum Gasteiger partial charge on any atom is -0.336 e. The molecule has 3 heterocycles. The van der Waals surface area contributed by atoms with Crippen molar-refractivity contribution in [2.45, 2.75) is 25.7 Å². The normalized spacial score (nSPS) is 15.5. The Kier molecular flexibility index (Phi) is 5.02. The molecule has 2 aromatic rings. The Morgan fingerprint density at radius 1 is 1.29 bits per heavy atom. The van der Waals surface area contributed by atoms with Crippen LogP contribution in [-0.4, -0.2) is 58.1 Å². The monoisotopic (exact) mass is 330 g/mol. The number of anilines is 1. The van der Waals surface area contributed by atoms with Crippen LogP contribution < -0.4 is 4.90 Å². The van der Waals surface area contributed by atoms with Gasteiger partial charge in [0.1, 0.15) is 0 Å². The molecule has 8 nitrogen and oxygen atoms in total. The van der Waals surface area contributed by atoms with Gasteiger partial charge in [-0.25, -0.2) is 9.97 Å². The van der Waals surface area contributed by atoms with Crippen LogP contribution in [0.25, 0.3) is 0 Å². The molecule has 0 radical (unpaired) electrons. The van der Waals surface area contributed by atoms with Crippen molar-refractivity contribution in [3.63, 3.8) is 0 Å². The molecule has 0 atom stereocenters. The third-order valence-electron chi connectivity index (χ3n) is 4.27. The minimum atomic E-state index is -0.0807. The van der Waals surface area contributed by atoms with E-state index in [1.54, 1.807) is 23.4 Å². The average molecular weight is 330 g/mol. The van der Waals surface area contributed by atoms with Gasteiger partial charge in [-0.05, 0) is 31.2 Å². The minimum absolute atomic E-state index is 0.0807. The van der Waals surface area contributed by atoms with Gasteiger partial charge in [0.05, 0.1) is 0 Å². The SMILES string of the molecule is CN(C)c1nc(CCC2CCN(C(=O)c3ncccn3)CC2)no1. The molecule has 1 amide bonds. The lowest BCUT2D eigenvalue weighted by atomic mass is 9.92. The van der Waals surface area contributed by atoms with Crippen molar-refractivity contribution in [2.24, 2.45) is 5.92 Å². The molecule has 0 aliphatic carbocycles. The Morgan fingerprint density at radius 2 is 2.00 bits per heavy atom. The summed E-state index contributed by atoms with van der Waals surface area (Å²) >= 11 is 0. The van der Waals surface area contributed by atoms with E-state index in [4.69, 9.17) is 4.52 Å². The van der Waals surface area contributed by atoms with Gasteiger partial charge < -0.3 is 14.3 Å². The number of hydrogen-bond acceptors (Lipinski definition) is 7. The second-order valence-electron chi connectivity index (χ2n) is 6.23. The standard InChI is InChI=1S/C16H22N6O2/c1-21(2)16-19-13(20-24-16)5-4-12-6-10-22(11-7-12)15(23)14-17-8-3-9-18-14/h3,8-9,12H,4-7,10-11H2,1-2H3. The third kappa shape index (κ3) is 3.87.